The molecule has 1 heterocycles. The van der Waals surface area contributed by atoms with E-state index >= 15 is 0 Å². The maximum Gasteiger partial charge on any atom is 0.0561 e. The Morgan fingerprint density at radius 2 is 2.36 bits per heavy atom. The molecule has 1 atom stereocenters. The van der Waals surface area contributed by atoms with Gasteiger partial charge in [-0.3, -0.25) is 0 Å². The van der Waals surface area contributed by atoms with Crippen LogP contribution >= 0.6 is 22.9 Å². The van der Waals surface area contributed by atoms with Crippen LogP contribution in [0.4, 0.5) is 0 Å². The number of nitrogens with two attached hydrogens (primary N) is 2. The van der Waals surface area contributed by atoms with Crippen molar-refractivity contribution in [2.75, 3.05) is 6.54 Å². The van der Waals surface area contributed by atoms with E-state index in [2.05, 4.69) is 0 Å². The van der Waals surface area contributed by atoms with Crippen molar-refractivity contribution in [2.45, 2.75) is 12.5 Å². The van der Waals surface area contributed by atoms with E-state index in [0.29, 0.717) is 6.54 Å². The Balaban J connectivity index is 2.67. The Kier molecular flexibility index (Phi) is 3.33. The summed E-state index contributed by atoms with van der Waals surface area (Å²) in [7, 11) is 0. The van der Waals surface area contributed by atoms with Gasteiger partial charge in [-0.25, -0.2) is 0 Å². The van der Waals surface area contributed by atoms with E-state index in [9.17, 15) is 0 Å². The lowest BCUT2D eigenvalue weighted by atomic mass is 10.2. The van der Waals surface area contributed by atoms with Crippen LogP contribution in [-0.4, -0.2) is 6.54 Å². The minimum atomic E-state index is 0.00694. The first-order chi connectivity index (χ1) is 5.25. The molecule has 0 amide bonds. The highest BCUT2D eigenvalue weighted by atomic mass is 35.5. The number of hydrogen-bond acceptors (Lipinski definition) is 3. The van der Waals surface area contributed by atoms with Crippen molar-refractivity contribution in [1.29, 1.82) is 0 Å². The van der Waals surface area contributed by atoms with Crippen LogP contribution in [0.3, 0.4) is 0 Å². The molecule has 4 heteroatoms. The molecule has 1 aromatic heterocycles. The Hall–Kier alpha value is -0.0900. The zero-order valence-corrected chi connectivity index (χ0v) is 7.66. The molecule has 2 nitrogen and oxygen atoms in total. The van der Waals surface area contributed by atoms with Gasteiger partial charge in [0.15, 0.2) is 0 Å². The summed E-state index contributed by atoms with van der Waals surface area (Å²) < 4.78 is 0. The molecule has 0 radical (unpaired) electrons. The van der Waals surface area contributed by atoms with Crippen LogP contribution < -0.4 is 11.5 Å². The highest BCUT2D eigenvalue weighted by Crippen LogP contribution is 2.28. The molecular weight excluding hydrogens is 180 g/mol. The van der Waals surface area contributed by atoms with E-state index in [1.165, 1.54) is 0 Å². The molecule has 0 saturated heterocycles. The van der Waals surface area contributed by atoms with Crippen LogP contribution in [0, 0.1) is 0 Å². The van der Waals surface area contributed by atoms with Crippen molar-refractivity contribution in [3.8, 4) is 0 Å². The maximum absolute atomic E-state index is 5.86. The van der Waals surface area contributed by atoms with Crippen molar-refractivity contribution < 1.29 is 0 Å². The Bertz CT molecular complexity index is 224. The van der Waals surface area contributed by atoms with Gasteiger partial charge in [0.1, 0.15) is 0 Å². The van der Waals surface area contributed by atoms with E-state index < -0.39 is 0 Å². The number of thiophene rings is 1. The molecule has 0 aliphatic carbocycles. The molecule has 0 fully saturated rings. The SMILES string of the molecule is NCCC(N)c1sccc1Cl. The van der Waals surface area contributed by atoms with E-state index in [1.807, 2.05) is 11.4 Å². The summed E-state index contributed by atoms with van der Waals surface area (Å²) in [6, 6.07) is 1.87. The average Bonchev–Trinajstić information content (AvgIpc) is 2.36. The van der Waals surface area contributed by atoms with Crippen molar-refractivity contribution in [3.63, 3.8) is 0 Å². The second-order valence-electron chi connectivity index (χ2n) is 2.32. The Labute approximate surface area is 75.1 Å². The van der Waals surface area contributed by atoms with Gasteiger partial charge in [0, 0.05) is 10.9 Å². The molecule has 1 aromatic rings. The fourth-order valence-corrected chi connectivity index (χ4v) is 2.12. The third kappa shape index (κ3) is 2.17. The zero-order valence-electron chi connectivity index (χ0n) is 6.09. The second kappa shape index (κ2) is 4.07. The molecule has 0 saturated carbocycles. The fraction of sp³-hybridized carbons (Fsp3) is 0.429. The highest BCUT2D eigenvalue weighted by molar-refractivity contribution is 7.10. The van der Waals surface area contributed by atoms with Gasteiger partial charge < -0.3 is 11.5 Å². The van der Waals surface area contributed by atoms with Gasteiger partial charge in [0.25, 0.3) is 0 Å². The number of hydrogen-bond donors (Lipinski definition) is 2. The molecule has 0 bridgehead atoms. The maximum atomic E-state index is 5.86. The third-order valence-corrected chi connectivity index (χ3v) is 2.95. The minimum absolute atomic E-state index is 0.00694. The fourth-order valence-electron chi connectivity index (χ4n) is 0.881. The van der Waals surface area contributed by atoms with Crippen LogP contribution in [0.15, 0.2) is 11.4 Å². The molecule has 0 aliphatic heterocycles. The Morgan fingerprint density at radius 3 is 2.82 bits per heavy atom. The van der Waals surface area contributed by atoms with Crippen LogP contribution in [0.25, 0.3) is 0 Å². The van der Waals surface area contributed by atoms with Crippen molar-refractivity contribution in [1.82, 2.24) is 0 Å². The molecule has 4 N–H and O–H groups in total. The van der Waals surface area contributed by atoms with Gasteiger partial charge in [0.05, 0.1) is 5.02 Å². The predicted octanol–water partition coefficient (Wildman–Crippen LogP) is 1.75. The van der Waals surface area contributed by atoms with Gasteiger partial charge in [-0.2, -0.15) is 0 Å². The molecule has 0 spiro atoms. The van der Waals surface area contributed by atoms with Crippen LogP contribution in [0.1, 0.15) is 17.3 Å². The molecule has 0 aliphatic rings. The quantitative estimate of drug-likeness (QED) is 0.763. The predicted molar refractivity (Wildman–Crippen MR) is 49.9 cm³/mol. The summed E-state index contributed by atoms with van der Waals surface area (Å²) in [5.74, 6) is 0. The van der Waals surface area contributed by atoms with E-state index in [4.69, 9.17) is 23.1 Å². The molecule has 1 rings (SSSR count). The van der Waals surface area contributed by atoms with Crippen molar-refractivity contribution >= 4 is 22.9 Å². The molecule has 0 aromatic carbocycles. The number of halogens is 1. The second-order valence-corrected chi connectivity index (χ2v) is 3.67. The van der Waals surface area contributed by atoms with Crippen LogP contribution in [0.2, 0.25) is 5.02 Å². The largest absolute Gasteiger partial charge is 0.330 e. The van der Waals surface area contributed by atoms with Crippen LogP contribution in [0.5, 0.6) is 0 Å². The molecule has 11 heavy (non-hydrogen) atoms. The van der Waals surface area contributed by atoms with Crippen molar-refractivity contribution in [2.24, 2.45) is 11.5 Å². The van der Waals surface area contributed by atoms with Crippen LogP contribution in [-0.2, 0) is 0 Å². The monoisotopic (exact) mass is 190 g/mol. The highest BCUT2D eigenvalue weighted by Gasteiger charge is 2.09. The summed E-state index contributed by atoms with van der Waals surface area (Å²) >= 11 is 7.45. The molecule has 62 valence electrons. The first kappa shape index (κ1) is 9.00. The first-order valence-corrected chi connectivity index (χ1v) is 4.70. The van der Waals surface area contributed by atoms with E-state index in [1.54, 1.807) is 11.3 Å². The smallest absolute Gasteiger partial charge is 0.0561 e. The molecule has 1 unspecified atom stereocenters. The molecular formula is C7H11ClN2S. The minimum Gasteiger partial charge on any atom is -0.330 e. The normalized spacial score (nSPS) is 13.4. The summed E-state index contributed by atoms with van der Waals surface area (Å²) in [5.41, 5.74) is 11.2. The van der Waals surface area contributed by atoms with Gasteiger partial charge in [-0.05, 0) is 24.4 Å². The summed E-state index contributed by atoms with van der Waals surface area (Å²) in [5, 5.41) is 2.70. The van der Waals surface area contributed by atoms with E-state index in [0.717, 1.165) is 16.3 Å². The lowest BCUT2D eigenvalue weighted by molar-refractivity contribution is 0.672. The standard InChI is InChI=1S/C7H11ClN2S/c8-5-2-4-11-7(5)6(10)1-3-9/h2,4,6H,1,3,9-10H2. The zero-order chi connectivity index (χ0) is 8.27. The summed E-state index contributed by atoms with van der Waals surface area (Å²) in [4.78, 5) is 1.04. The topological polar surface area (TPSA) is 52.0 Å². The average molecular weight is 191 g/mol. The lowest BCUT2D eigenvalue weighted by Crippen LogP contribution is -2.14. The van der Waals surface area contributed by atoms with Gasteiger partial charge >= 0.3 is 0 Å². The summed E-state index contributed by atoms with van der Waals surface area (Å²) in [6.45, 7) is 0.607. The van der Waals surface area contributed by atoms with Gasteiger partial charge in [0.2, 0.25) is 0 Å². The number of rotatable bonds is 3. The summed E-state index contributed by atoms with van der Waals surface area (Å²) in [6.07, 6.45) is 0.792. The van der Waals surface area contributed by atoms with E-state index in [-0.39, 0.29) is 6.04 Å². The third-order valence-electron chi connectivity index (χ3n) is 1.46. The van der Waals surface area contributed by atoms with Gasteiger partial charge in [-0.1, -0.05) is 11.6 Å². The Morgan fingerprint density at radius 1 is 1.64 bits per heavy atom. The van der Waals surface area contributed by atoms with Gasteiger partial charge in [-0.15, -0.1) is 11.3 Å². The first-order valence-electron chi connectivity index (χ1n) is 3.44. The van der Waals surface area contributed by atoms with Crippen molar-refractivity contribution in [3.05, 3.63) is 21.3 Å². The lowest BCUT2D eigenvalue weighted by Gasteiger charge is -2.07.